The van der Waals surface area contributed by atoms with Crippen molar-refractivity contribution in [2.24, 2.45) is 0 Å². The Bertz CT molecular complexity index is 397. The van der Waals surface area contributed by atoms with Crippen molar-refractivity contribution in [2.75, 3.05) is 7.11 Å². The maximum Gasteiger partial charge on any atom is 0.339 e. The highest BCUT2D eigenvalue weighted by Crippen LogP contribution is 2.30. The van der Waals surface area contributed by atoms with Crippen molar-refractivity contribution in [2.45, 2.75) is 6.10 Å². The lowest BCUT2D eigenvalue weighted by Gasteiger charge is -2.10. The number of aliphatic hydroxyl groups is 1. The molecule has 1 aromatic carbocycles. The molecule has 82 valence electrons. The second-order valence-corrected chi connectivity index (χ2v) is 3.92. The number of rotatable bonds is 2. The van der Waals surface area contributed by atoms with E-state index in [9.17, 15) is 14.3 Å². The molecule has 1 atom stereocenters. The number of carbonyl (C=O) groups excluding carboxylic acids is 1. The number of halogens is 3. The molecule has 0 aromatic heterocycles. The van der Waals surface area contributed by atoms with E-state index in [1.54, 1.807) is 0 Å². The number of hydrogen-bond acceptors (Lipinski definition) is 3. The second kappa shape index (κ2) is 4.92. The Labute approximate surface area is 98.9 Å². The van der Waals surface area contributed by atoms with E-state index >= 15 is 0 Å². The van der Waals surface area contributed by atoms with Gasteiger partial charge in [-0.05, 0) is 22.0 Å². The minimum atomic E-state index is -1.67. The minimum absolute atomic E-state index is 0.185. The van der Waals surface area contributed by atoms with Crippen LogP contribution in [-0.2, 0) is 9.53 Å². The number of aliphatic hydroxyl groups excluding tert-OH is 1. The maximum absolute atomic E-state index is 13.5. The summed E-state index contributed by atoms with van der Waals surface area (Å²) in [6, 6.07) is 2.69. The molecule has 0 saturated carbocycles. The normalized spacial score (nSPS) is 12.3. The van der Waals surface area contributed by atoms with Crippen molar-refractivity contribution in [3.05, 3.63) is 33.0 Å². The second-order valence-electron chi connectivity index (χ2n) is 2.69. The van der Waals surface area contributed by atoms with Gasteiger partial charge in [0.1, 0.15) is 5.82 Å². The summed E-state index contributed by atoms with van der Waals surface area (Å²) < 4.78 is 18.1. The van der Waals surface area contributed by atoms with Crippen LogP contribution in [-0.4, -0.2) is 18.2 Å². The minimum Gasteiger partial charge on any atom is -0.467 e. The van der Waals surface area contributed by atoms with Gasteiger partial charge in [0.05, 0.1) is 12.1 Å². The molecule has 0 radical (unpaired) electrons. The Balaban J connectivity index is 3.16. The lowest BCUT2D eigenvalue weighted by molar-refractivity contribution is -0.150. The van der Waals surface area contributed by atoms with Crippen molar-refractivity contribution in [3.63, 3.8) is 0 Å². The molecule has 1 aromatic rings. The Morgan fingerprint density at radius 2 is 2.27 bits per heavy atom. The first kappa shape index (κ1) is 12.4. The van der Waals surface area contributed by atoms with E-state index in [2.05, 4.69) is 20.7 Å². The zero-order valence-corrected chi connectivity index (χ0v) is 9.97. The van der Waals surface area contributed by atoms with E-state index in [-0.39, 0.29) is 10.6 Å². The molecule has 1 N–H and O–H groups in total. The predicted molar refractivity (Wildman–Crippen MR) is 56.1 cm³/mol. The summed E-state index contributed by atoms with van der Waals surface area (Å²) in [4.78, 5) is 11.0. The summed E-state index contributed by atoms with van der Waals surface area (Å²) in [7, 11) is 1.10. The SMILES string of the molecule is COC(=O)C(O)c1ccc(Br)c(Cl)c1F. The highest BCUT2D eigenvalue weighted by atomic mass is 79.9. The molecule has 0 spiro atoms. The number of carbonyl (C=O) groups is 1. The van der Waals surface area contributed by atoms with Crippen LogP contribution in [0, 0.1) is 5.82 Å². The fourth-order valence-corrected chi connectivity index (χ4v) is 1.47. The number of esters is 1. The van der Waals surface area contributed by atoms with Crippen LogP contribution in [0.1, 0.15) is 11.7 Å². The molecule has 3 nitrogen and oxygen atoms in total. The summed E-state index contributed by atoms with van der Waals surface area (Å²) in [5.74, 6) is -1.78. The lowest BCUT2D eigenvalue weighted by Crippen LogP contribution is -2.15. The Kier molecular flexibility index (Phi) is 4.07. The van der Waals surface area contributed by atoms with Gasteiger partial charge in [-0.25, -0.2) is 9.18 Å². The zero-order valence-electron chi connectivity index (χ0n) is 7.63. The van der Waals surface area contributed by atoms with Gasteiger partial charge in [-0.15, -0.1) is 0 Å². The van der Waals surface area contributed by atoms with Gasteiger partial charge in [0, 0.05) is 10.0 Å². The maximum atomic E-state index is 13.5. The molecule has 15 heavy (non-hydrogen) atoms. The molecular formula is C9H7BrClFO3. The lowest BCUT2D eigenvalue weighted by atomic mass is 10.1. The molecule has 0 bridgehead atoms. The van der Waals surface area contributed by atoms with Crippen LogP contribution in [0.25, 0.3) is 0 Å². The molecule has 0 heterocycles. The van der Waals surface area contributed by atoms with Gasteiger partial charge >= 0.3 is 5.97 Å². The molecule has 6 heteroatoms. The van der Waals surface area contributed by atoms with Gasteiger partial charge in [0.2, 0.25) is 0 Å². The van der Waals surface area contributed by atoms with E-state index < -0.39 is 17.9 Å². The average Bonchev–Trinajstić information content (AvgIpc) is 2.24. The van der Waals surface area contributed by atoms with Crippen LogP contribution in [0.4, 0.5) is 4.39 Å². The average molecular weight is 298 g/mol. The van der Waals surface area contributed by atoms with Crippen molar-refractivity contribution >= 4 is 33.5 Å². The molecule has 1 unspecified atom stereocenters. The van der Waals surface area contributed by atoms with Gasteiger partial charge in [0.25, 0.3) is 0 Å². The molecule has 0 aliphatic rings. The number of ether oxygens (including phenoxy) is 1. The molecule has 0 aliphatic heterocycles. The van der Waals surface area contributed by atoms with Crippen molar-refractivity contribution < 1.29 is 19.0 Å². The first-order valence-corrected chi connectivity index (χ1v) is 5.05. The summed E-state index contributed by atoms with van der Waals surface area (Å²) >= 11 is 8.60. The van der Waals surface area contributed by atoms with Crippen LogP contribution >= 0.6 is 27.5 Å². The zero-order chi connectivity index (χ0) is 11.6. The van der Waals surface area contributed by atoms with Crippen molar-refractivity contribution in [1.29, 1.82) is 0 Å². The Morgan fingerprint density at radius 3 is 2.80 bits per heavy atom. The number of hydrogen-bond donors (Lipinski definition) is 1. The largest absolute Gasteiger partial charge is 0.467 e. The van der Waals surface area contributed by atoms with Crippen LogP contribution in [0.15, 0.2) is 16.6 Å². The van der Waals surface area contributed by atoms with E-state index in [0.717, 1.165) is 7.11 Å². The highest BCUT2D eigenvalue weighted by molar-refractivity contribution is 9.10. The molecule has 0 saturated heterocycles. The van der Waals surface area contributed by atoms with Gasteiger partial charge in [-0.3, -0.25) is 0 Å². The number of benzene rings is 1. The quantitative estimate of drug-likeness (QED) is 0.674. The predicted octanol–water partition coefficient (Wildman–Crippen LogP) is 2.45. The van der Waals surface area contributed by atoms with E-state index in [1.165, 1.54) is 12.1 Å². The van der Waals surface area contributed by atoms with Crippen LogP contribution < -0.4 is 0 Å². The smallest absolute Gasteiger partial charge is 0.339 e. The van der Waals surface area contributed by atoms with Crippen LogP contribution in [0.2, 0.25) is 5.02 Å². The van der Waals surface area contributed by atoms with Gasteiger partial charge in [0.15, 0.2) is 6.10 Å². The van der Waals surface area contributed by atoms with Gasteiger partial charge < -0.3 is 9.84 Å². The van der Waals surface area contributed by atoms with Crippen LogP contribution in [0.5, 0.6) is 0 Å². The standard InChI is InChI=1S/C9H7BrClFO3/c1-15-9(14)8(13)4-2-3-5(10)6(11)7(4)12/h2-3,8,13H,1H3. The van der Waals surface area contributed by atoms with Gasteiger partial charge in [-0.2, -0.15) is 0 Å². The third-order valence-corrected chi connectivity index (χ3v) is 3.04. The molecule has 1 rings (SSSR count). The summed E-state index contributed by atoms with van der Waals surface area (Å²) in [6.07, 6.45) is -1.67. The van der Waals surface area contributed by atoms with Crippen LogP contribution in [0.3, 0.4) is 0 Å². The molecule has 0 amide bonds. The fraction of sp³-hybridized carbons (Fsp3) is 0.222. The summed E-state index contributed by atoms with van der Waals surface area (Å²) in [5.41, 5.74) is -0.213. The van der Waals surface area contributed by atoms with Crippen molar-refractivity contribution in [1.82, 2.24) is 0 Å². The first-order chi connectivity index (χ1) is 6.99. The first-order valence-electron chi connectivity index (χ1n) is 3.88. The third kappa shape index (κ3) is 2.48. The topological polar surface area (TPSA) is 46.5 Å². The molecule has 0 fully saturated rings. The third-order valence-electron chi connectivity index (χ3n) is 1.78. The molecule has 0 aliphatic carbocycles. The van der Waals surface area contributed by atoms with E-state index in [4.69, 9.17) is 11.6 Å². The Hall–Kier alpha value is -0.650. The summed E-state index contributed by atoms with van der Waals surface area (Å²) in [6.45, 7) is 0. The van der Waals surface area contributed by atoms with E-state index in [0.29, 0.717) is 4.47 Å². The fourth-order valence-electron chi connectivity index (χ4n) is 0.991. The summed E-state index contributed by atoms with van der Waals surface area (Å²) in [5, 5.41) is 9.21. The van der Waals surface area contributed by atoms with Crippen molar-refractivity contribution in [3.8, 4) is 0 Å². The van der Waals surface area contributed by atoms with Gasteiger partial charge in [-0.1, -0.05) is 17.7 Å². The number of methoxy groups -OCH3 is 1. The Morgan fingerprint density at radius 1 is 1.67 bits per heavy atom. The van der Waals surface area contributed by atoms with E-state index in [1.807, 2.05) is 0 Å². The molecular weight excluding hydrogens is 290 g/mol. The highest BCUT2D eigenvalue weighted by Gasteiger charge is 2.23. The monoisotopic (exact) mass is 296 g/mol.